The first-order valence-corrected chi connectivity index (χ1v) is 5.69. The molecule has 5 nitrogen and oxygen atoms in total. The number of hydrogen-bond acceptors (Lipinski definition) is 3. The van der Waals surface area contributed by atoms with E-state index in [4.69, 9.17) is 11.5 Å². The van der Waals surface area contributed by atoms with E-state index in [1.165, 1.54) is 6.07 Å². The van der Waals surface area contributed by atoms with Crippen LogP contribution in [0.2, 0.25) is 0 Å². The lowest BCUT2D eigenvalue weighted by Crippen LogP contribution is -2.12. The van der Waals surface area contributed by atoms with Crippen LogP contribution >= 0.6 is 0 Å². The number of carbonyl (C=O) groups excluding carboxylic acids is 1. The third-order valence-corrected chi connectivity index (χ3v) is 2.86. The van der Waals surface area contributed by atoms with E-state index < -0.39 is 0 Å². The number of carbonyl (C=O) groups is 1. The van der Waals surface area contributed by atoms with Crippen LogP contribution in [0.25, 0.3) is 11.0 Å². The standard InChI is InChI=1S/C12H15FN4O/c1-7-5-10-9(6-8(7)13)16-12(15)17(10)4-2-3-11(14)18/h5-6H,2-4H2,1H3,(H2,14,18)(H2,15,16). The number of nitrogens with two attached hydrogens (primary N) is 2. The van der Waals surface area contributed by atoms with Crippen LogP contribution in [0.5, 0.6) is 0 Å². The summed E-state index contributed by atoms with van der Waals surface area (Å²) in [4.78, 5) is 14.8. The Morgan fingerprint density at radius 3 is 2.89 bits per heavy atom. The number of hydrogen-bond donors (Lipinski definition) is 2. The first-order chi connectivity index (χ1) is 8.49. The van der Waals surface area contributed by atoms with Crippen molar-refractivity contribution in [2.45, 2.75) is 26.3 Å². The summed E-state index contributed by atoms with van der Waals surface area (Å²) in [6, 6.07) is 3.07. The van der Waals surface area contributed by atoms with E-state index in [2.05, 4.69) is 4.98 Å². The Bertz CT molecular complexity index is 606. The fourth-order valence-electron chi connectivity index (χ4n) is 1.92. The van der Waals surface area contributed by atoms with Crippen molar-refractivity contribution < 1.29 is 9.18 Å². The molecular formula is C12H15FN4O. The molecule has 0 unspecified atom stereocenters. The number of aromatic nitrogens is 2. The minimum absolute atomic E-state index is 0.291. The zero-order valence-electron chi connectivity index (χ0n) is 10.1. The fraction of sp³-hybridized carbons (Fsp3) is 0.333. The van der Waals surface area contributed by atoms with Crippen LogP contribution in [0.15, 0.2) is 12.1 Å². The molecule has 6 heteroatoms. The highest BCUT2D eigenvalue weighted by atomic mass is 19.1. The second-order valence-electron chi connectivity index (χ2n) is 4.28. The SMILES string of the molecule is Cc1cc2c(cc1F)nc(N)n2CCCC(N)=O. The maximum Gasteiger partial charge on any atom is 0.217 e. The number of imidazole rings is 1. The van der Waals surface area contributed by atoms with Crippen molar-refractivity contribution in [2.75, 3.05) is 5.73 Å². The van der Waals surface area contributed by atoms with Crippen molar-refractivity contribution in [3.05, 3.63) is 23.5 Å². The Labute approximate surface area is 104 Å². The molecule has 0 spiro atoms. The molecule has 0 aliphatic rings. The Morgan fingerprint density at radius 1 is 1.50 bits per heavy atom. The third kappa shape index (κ3) is 2.27. The highest BCUT2D eigenvalue weighted by Crippen LogP contribution is 2.21. The average Bonchev–Trinajstić information content (AvgIpc) is 2.56. The zero-order valence-corrected chi connectivity index (χ0v) is 10.1. The van der Waals surface area contributed by atoms with Gasteiger partial charge in [-0.25, -0.2) is 9.37 Å². The average molecular weight is 250 g/mol. The molecule has 18 heavy (non-hydrogen) atoms. The lowest BCUT2D eigenvalue weighted by Gasteiger charge is -2.06. The van der Waals surface area contributed by atoms with E-state index in [1.807, 2.05) is 0 Å². The summed E-state index contributed by atoms with van der Waals surface area (Å²) in [6.45, 7) is 2.22. The van der Waals surface area contributed by atoms with Crippen molar-refractivity contribution in [2.24, 2.45) is 5.73 Å². The monoisotopic (exact) mass is 250 g/mol. The van der Waals surface area contributed by atoms with Crippen LogP contribution in [0.3, 0.4) is 0 Å². The Hall–Kier alpha value is -2.11. The number of benzene rings is 1. The first kappa shape index (κ1) is 12.3. The molecule has 0 saturated carbocycles. The molecule has 0 aliphatic heterocycles. The zero-order chi connectivity index (χ0) is 13.3. The first-order valence-electron chi connectivity index (χ1n) is 5.69. The van der Waals surface area contributed by atoms with Gasteiger partial charge in [-0.15, -0.1) is 0 Å². The summed E-state index contributed by atoms with van der Waals surface area (Å²) in [5.74, 6) is -0.330. The molecule has 4 N–H and O–H groups in total. The number of nitrogens with zero attached hydrogens (tertiary/aromatic N) is 2. The summed E-state index contributed by atoms with van der Waals surface area (Å²) < 4.78 is 15.2. The molecule has 1 aromatic carbocycles. The number of aryl methyl sites for hydroxylation is 2. The molecule has 1 aromatic heterocycles. The molecule has 0 radical (unpaired) electrons. The number of halogens is 1. The molecule has 0 fully saturated rings. The number of fused-ring (bicyclic) bond motifs is 1. The summed E-state index contributed by atoms with van der Waals surface area (Å²) in [7, 11) is 0. The normalized spacial score (nSPS) is 11.0. The van der Waals surface area contributed by atoms with E-state index in [0.717, 1.165) is 5.52 Å². The number of anilines is 1. The van der Waals surface area contributed by atoms with E-state index >= 15 is 0 Å². The number of rotatable bonds is 4. The van der Waals surface area contributed by atoms with Crippen molar-refractivity contribution in [3.8, 4) is 0 Å². The van der Waals surface area contributed by atoms with Gasteiger partial charge in [-0.3, -0.25) is 4.79 Å². The van der Waals surface area contributed by atoms with E-state index in [0.29, 0.717) is 36.4 Å². The predicted molar refractivity (Wildman–Crippen MR) is 67.3 cm³/mol. The van der Waals surface area contributed by atoms with E-state index in [1.54, 1.807) is 17.6 Å². The smallest absolute Gasteiger partial charge is 0.217 e. The van der Waals surface area contributed by atoms with Gasteiger partial charge in [-0.2, -0.15) is 0 Å². The van der Waals surface area contributed by atoms with Gasteiger partial charge >= 0.3 is 0 Å². The summed E-state index contributed by atoms with van der Waals surface area (Å²) >= 11 is 0. The van der Waals surface area contributed by atoms with Gasteiger partial charge in [0.05, 0.1) is 11.0 Å². The van der Waals surface area contributed by atoms with Gasteiger partial charge in [0.15, 0.2) is 0 Å². The van der Waals surface area contributed by atoms with Gasteiger partial charge in [0, 0.05) is 19.0 Å². The Balaban J connectivity index is 2.34. The van der Waals surface area contributed by atoms with Crippen LogP contribution in [0.4, 0.5) is 10.3 Å². The third-order valence-electron chi connectivity index (χ3n) is 2.86. The topological polar surface area (TPSA) is 86.9 Å². The number of primary amides is 1. The van der Waals surface area contributed by atoms with Gasteiger partial charge in [0.1, 0.15) is 5.82 Å². The van der Waals surface area contributed by atoms with Gasteiger partial charge in [0.25, 0.3) is 0 Å². The molecule has 96 valence electrons. The second-order valence-corrected chi connectivity index (χ2v) is 4.28. The second kappa shape index (κ2) is 4.64. The van der Waals surface area contributed by atoms with Crippen molar-refractivity contribution in [1.29, 1.82) is 0 Å². The van der Waals surface area contributed by atoms with Crippen LogP contribution in [-0.2, 0) is 11.3 Å². The molecule has 0 aliphatic carbocycles. The summed E-state index contributed by atoms with van der Waals surface area (Å²) in [6.07, 6.45) is 0.876. The van der Waals surface area contributed by atoms with Crippen molar-refractivity contribution in [3.63, 3.8) is 0 Å². The predicted octanol–water partition coefficient (Wildman–Crippen LogP) is 1.33. The minimum atomic E-state index is -0.347. The molecule has 0 saturated heterocycles. The quantitative estimate of drug-likeness (QED) is 0.858. The van der Waals surface area contributed by atoms with Crippen LogP contribution in [-0.4, -0.2) is 15.5 Å². The molecule has 0 bridgehead atoms. The van der Waals surface area contributed by atoms with Crippen LogP contribution < -0.4 is 11.5 Å². The van der Waals surface area contributed by atoms with E-state index in [-0.39, 0.29) is 11.7 Å². The number of amides is 1. The highest BCUT2D eigenvalue weighted by Gasteiger charge is 2.10. The van der Waals surface area contributed by atoms with Gasteiger partial charge < -0.3 is 16.0 Å². The molecule has 1 heterocycles. The molecule has 2 rings (SSSR count). The summed E-state index contributed by atoms with van der Waals surface area (Å²) in [5, 5.41) is 0. The molecule has 2 aromatic rings. The van der Waals surface area contributed by atoms with Crippen molar-refractivity contribution >= 4 is 22.9 Å². The van der Waals surface area contributed by atoms with Gasteiger partial charge in [-0.05, 0) is 25.0 Å². The Morgan fingerprint density at radius 2 is 2.22 bits per heavy atom. The van der Waals surface area contributed by atoms with E-state index in [9.17, 15) is 9.18 Å². The minimum Gasteiger partial charge on any atom is -0.370 e. The lowest BCUT2D eigenvalue weighted by atomic mass is 10.2. The maximum absolute atomic E-state index is 13.4. The van der Waals surface area contributed by atoms with Crippen LogP contribution in [0, 0.1) is 12.7 Å². The molecule has 0 atom stereocenters. The highest BCUT2D eigenvalue weighted by molar-refractivity contribution is 5.79. The molecule has 1 amide bonds. The van der Waals surface area contributed by atoms with Crippen molar-refractivity contribution in [1.82, 2.24) is 9.55 Å². The fourth-order valence-corrected chi connectivity index (χ4v) is 1.92. The van der Waals surface area contributed by atoms with Crippen LogP contribution in [0.1, 0.15) is 18.4 Å². The Kier molecular flexibility index (Phi) is 3.18. The maximum atomic E-state index is 13.4. The lowest BCUT2D eigenvalue weighted by molar-refractivity contribution is -0.118. The number of nitrogen functional groups attached to an aromatic ring is 1. The molecular weight excluding hydrogens is 235 g/mol. The van der Waals surface area contributed by atoms with Gasteiger partial charge in [-0.1, -0.05) is 0 Å². The largest absolute Gasteiger partial charge is 0.370 e. The summed E-state index contributed by atoms with van der Waals surface area (Å²) in [5.41, 5.74) is 12.7. The van der Waals surface area contributed by atoms with Gasteiger partial charge in [0.2, 0.25) is 11.9 Å².